The SMILES string of the molecule is COc1ccc(/C=C\C=NNC(=O)COc2ccc(OC)cc2)cc1. The number of amides is 1. The van der Waals surface area contributed by atoms with Crippen molar-refractivity contribution in [2.24, 2.45) is 5.10 Å². The number of rotatable bonds is 8. The van der Waals surface area contributed by atoms with Gasteiger partial charge in [-0.2, -0.15) is 5.10 Å². The molecule has 0 aliphatic carbocycles. The third kappa shape index (κ3) is 6.39. The van der Waals surface area contributed by atoms with Crippen LogP contribution in [-0.4, -0.2) is 32.9 Å². The van der Waals surface area contributed by atoms with Gasteiger partial charge >= 0.3 is 0 Å². The van der Waals surface area contributed by atoms with Crippen molar-refractivity contribution in [1.82, 2.24) is 5.43 Å². The number of nitrogens with one attached hydrogen (secondary N) is 1. The fourth-order valence-corrected chi connectivity index (χ4v) is 1.87. The van der Waals surface area contributed by atoms with E-state index in [0.29, 0.717) is 5.75 Å². The number of carbonyl (C=O) groups excluding carboxylic acids is 1. The van der Waals surface area contributed by atoms with E-state index in [1.807, 2.05) is 30.3 Å². The minimum Gasteiger partial charge on any atom is -0.497 e. The molecule has 25 heavy (non-hydrogen) atoms. The van der Waals surface area contributed by atoms with Gasteiger partial charge in [0.15, 0.2) is 6.61 Å². The van der Waals surface area contributed by atoms with Crippen LogP contribution in [0.1, 0.15) is 5.56 Å². The summed E-state index contributed by atoms with van der Waals surface area (Å²) in [6.07, 6.45) is 5.09. The van der Waals surface area contributed by atoms with Crippen LogP contribution in [0.25, 0.3) is 6.08 Å². The lowest BCUT2D eigenvalue weighted by molar-refractivity contribution is -0.123. The van der Waals surface area contributed by atoms with Crippen molar-refractivity contribution >= 4 is 18.2 Å². The van der Waals surface area contributed by atoms with Crippen LogP contribution in [0, 0.1) is 0 Å². The Kier molecular flexibility index (Phi) is 7.06. The van der Waals surface area contributed by atoms with Crippen LogP contribution in [0.4, 0.5) is 0 Å². The Hall–Kier alpha value is -3.28. The first kappa shape index (κ1) is 18.1. The molecule has 6 nitrogen and oxygen atoms in total. The Bertz CT molecular complexity index is 722. The maximum Gasteiger partial charge on any atom is 0.277 e. The molecule has 2 aromatic rings. The number of benzene rings is 2. The molecule has 2 aromatic carbocycles. The number of hydrazone groups is 1. The molecule has 0 radical (unpaired) electrons. The van der Waals surface area contributed by atoms with Gasteiger partial charge in [-0.1, -0.05) is 18.2 Å². The third-order valence-electron chi connectivity index (χ3n) is 3.18. The van der Waals surface area contributed by atoms with Crippen molar-refractivity contribution < 1.29 is 19.0 Å². The van der Waals surface area contributed by atoms with Crippen molar-refractivity contribution in [2.75, 3.05) is 20.8 Å². The number of methoxy groups -OCH3 is 2. The maximum absolute atomic E-state index is 11.6. The smallest absolute Gasteiger partial charge is 0.277 e. The van der Waals surface area contributed by atoms with Gasteiger partial charge in [0.1, 0.15) is 17.2 Å². The lowest BCUT2D eigenvalue weighted by Gasteiger charge is -2.05. The Balaban J connectivity index is 1.71. The number of nitrogens with zero attached hydrogens (tertiary/aromatic N) is 1. The van der Waals surface area contributed by atoms with E-state index < -0.39 is 0 Å². The van der Waals surface area contributed by atoms with Gasteiger partial charge in [0.05, 0.1) is 14.2 Å². The fourth-order valence-electron chi connectivity index (χ4n) is 1.87. The van der Waals surface area contributed by atoms with E-state index in [2.05, 4.69) is 10.5 Å². The predicted molar refractivity (Wildman–Crippen MR) is 97.2 cm³/mol. The van der Waals surface area contributed by atoms with Gasteiger partial charge in [0, 0.05) is 6.21 Å². The molecule has 0 aliphatic heterocycles. The molecule has 6 heteroatoms. The Morgan fingerprint density at radius 1 is 0.960 bits per heavy atom. The molecule has 0 fully saturated rings. The summed E-state index contributed by atoms with van der Waals surface area (Å²) in [5.74, 6) is 1.77. The fraction of sp³-hybridized carbons (Fsp3) is 0.158. The van der Waals surface area contributed by atoms with E-state index in [1.165, 1.54) is 6.21 Å². The molecule has 0 unspecified atom stereocenters. The van der Waals surface area contributed by atoms with Gasteiger partial charge in [-0.3, -0.25) is 4.79 Å². The molecule has 2 rings (SSSR count). The predicted octanol–water partition coefficient (Wildman–Crippen LogP) is 2.90. The first-order valence-electron chi connectivity index (χ1n) is 7.61. The molecule has 1 N–H and O–H groups in total. The summed E-state index contributed by atoms with van der Waals surface area (Å²) in [5, 5.41) is 3.82. The highest BCUT2D eigenvalue weighted by atomic mass is 16.5. The molecular formula is C19H20N2O4. The largest absolute Gasteiger partial charge is 0.497 e. The summed E-state index contributed by atoms with van der Waals surface area (Å²) in [4.78, 5) is 11.6. The van der Waals surface area contributed by atoms with Crippen LogP contribution in [0.5, 0.6) is 17.2 Å². The molecule has 0 spiro atoms. The van der Waals surface area contributed by atoms with Crippen molar-refractivity contribution in [1.29, 1.82) is 0 Å². The molecule has 0 atom stereocenters. The molecular weight excluding hydrogens is 320 g/mol. The topological polar surface area (TPSA) is 69.2 Å². The van der Waals surface area contributed by atoms with E-state index in [0.717, 1.165) is 17.1 Å². The Labute approximate surface area is 146 Å². The lowest BCUT2D eigenvalue weighted by Crippen LogP contribution is -2.24. The normalized spacial score (nSPS) is 10.8. The number of carbonyl (C=O) groups is 1. The van der Waals surface area contributed by atoms with Crippen LogP contribution >= 0.6 is 0 Å². The maximum atomic E-state index is 11.6. The standard InChI is InChI=1S/C19H20N2O4/c1-23-16-7-5-15(6-8-16)4-3-13-20-21-19(22)14-25-18-11-9-17(24-2)10-12-18/h3-13H,14H2,1-2H3,(H,21,22)/b4-3-,20-13?. The van der Waals surface area contributed by atoms with Crippen LogP contribution in [0.3, 0.4) is 0 Å². The van der Waals surface area contributed by atoms with E-state index in [4.69, 9.17) is 14.2 Å². The first-order valence-corrected chi connectivity index (χ1v) is 7.61. The highest BCUT2D eigenvalue weighted by Gasteiger charge is 2.01. The van der Waals surface area contributed by atoms with E-state index in [-0.39, 0.29) is 12.5 Å². The minimum atomic E-state index is -0.343. The average molecular weight is 340 g/mol. The summed E-state index contributed by atoms with van der Waals surface area (Å²) >= 11 is 0. The molecule has 0 aliphatic rings. The highest BCUT2D eigenvalue weighted by molar-refractivity contribution is 5.82. The van der Waals surface area contributed by atoms with Gasteiger partial charge in [-0.15, -0.1) is 0 Å². The molecule has 0 saturated carbocycles. The molecule has 0 bridgehead atoms. The summed E-state index contributed by atoms with van der Waals surface area (Å²) in [6.45, 7) is -0.119. The number of ether oxygens (including phenoxy) is 3. The monoisotopic (exact) mass is 340 g/mol. The van der Waals surface area contributed by atoms with E-state index >= 15 is 0 Å². The van der Waals surface area contributed by atoms with Gasteiger partial charge in [-0.05, 0) is 48.0 Å². The highest BCUT2D eigenvalue weighted by Crippen LogP contribution is 2.16. The summed E-state index contributed by atoms with van der Waals surface area (Å²) in [6, 6.07) is 14.6. The Morgan fingerprint density at radius 2 is 1.52 bits per heavy atom. The van der Waals surface area contributed by atoms with Crippen molar-refractivity contribution in [3.63, 3.8) is 0 Å². The van der Waals surface area contributed by atoms with Crippen molar-refractivity contribution in [3.8, 4) is 17.2 Å². The zero-order chi connectivity index (χ0) is 17.9. The molecule has 0 heterocycles. The van der Waals surface area contributed by atoms with Gasteiger partial charge in [-0.25, -0.2) is 5.43 Å². The first-order chi connectivity index (χ1) is 12.2. The third-order valence-corrected chi connectivity index (χ3v) is 3.18. The van der Waals surface area contributed by atoms with Crippen LogP contribution in [0.15, 0.2) is 59.7 Å². The quantitative estimate of drug-likeness (QED) is 0.593. The number of allylic oxidation sites excluding steroid dienone is 1. The van der Waals surface area contributed by atoms with Crippen LogP contribution < -0.4 is 19.6 Å². The van der Waals surface area contributed by atoms with Crippen LogP contribution in [-0.2, 0) is 4.79 Å². The van der Waals surface area contributed by atoms with Crippen LogP contribution in [0.2, 0.25) is 0 Å². The summed E-state index contributed by atoms with van der Waals surface area (Å²) in [7, 11) is 3.21. The van der Waals surface area contributed by atoms with Gasteiger partial charge in [0.25, 0.3) is 5.91 Å². The minimum absolute atomic E-state index is 0.119. The average Bonchev–Trinajstić information content (AvgIpc) is 2.67. The van der Waals surface area contributed by atoms with E-state index in [1.54, 1.807) is 44.6 Å². The number of hydrogen-bond acceptors (Lipinski definition) is 5. The van der Waals surface area contributed by atoms with Crippen molar-refractivity contribution in [3.05, 3.63) is 60.2 Å². The van der Waals surface area contributed by atoms with Gasteiger partial charge < -0.3 is 14.2 Å². The second-order valence-corrected chi connectivity index (χ2v) is 4.91. The lowest BCUT2D eigenvalue weighted by atomic mass is 10.2. The molecule has 0 aromatic heterocycles. The molecule has 130 valence electrons. The number of hydrogen-bond donors (Lipinski definition) is 1. The van der Waals surface area contributed by atoms with Gasteiger partial charge in [0.2, 0.25) is 0 Å². The molecule has 0 saturated heterocycles. The summed E-state index contributed by atoms with van der Waals surface area (Å²) in [5.41, 5.74) is 3.39. The zero-order valence-corrected chi connectivity index (χ0v) is 14.1. The zero-order valence-electron chi connectivity index (χ0n) is 14.1. The van der Waals surface area contributed by atoms with E-state index in [9.17, 15) is 4.79 Å². The summed E-state index contributed by atoms with van der Waals surface area (Å²) < 4.78 is 15.5. The second-order valence-electron chi connectivity index (χ2n) is 4.91. The molecule has 1 amide bonds. The van der Waals surface area contributed by atoms with Crippen molar-refractivity contribution in [2.45, 2.75) is 0 Å². The Morgan fingerprint density at radius 3 is 2.12 bits per heavy atom. The second kappa shape index (κ2) is 9.77.